The Balaban J connectivity index is 2.18. The van der Waals surface area contributed by atoms with Gasteiger partial charge >= 0.3 is 5.97 Å². The monoisotopic (exact) mass is 282 g/mol. The van der Waals surface area contributed by atoms with Gasteiger partial charge in [0.25, 0.3) is 10.0 Å². The number of ether oxygens (including phenoxy) is 1. The van der Waals surface area contributed by atoms with Gasteiger partial charge in [-0.3, -0.25) is 4.79 Å². The molecule has 6 nitrogen and oxygen atoms in total. The van der Waals surface area contributed by atoms with Crippen LogP contribution >= 0.6 is 0 Å². The molecule has 0 N–H and O–H groups in total. The average Bonchev–Trinajstić information content (AvgIpc) is 2.38. The molecule has 19 heavy (non-hydrogen) atoms. The van der Waals surface area contributed by atoms with E-state index in [9.17, 15) is 13.2 Å². The van der Waals surface area contributed by atoms with Gasteiger partial charge in [0.1, 0.15) is 11.2 Å². The van der Waals surface area contributed by atoms with Crippen molar-refractivity contribution >= 4 is 28.0 Å². The van der Waals surface area contributed by atoms with Crippen LogP contribution in [0, 0.1) is 0 Å². The molecule has 102 valence electrons. The number of rotatable bonds is 4. The van der Waals surface area contributed by atoms with Crippen LogP contribution in [0.4, 0.5) is 5.69 Å². The molecule has 0 atom stereocenters. The van der Waals surface area contributed by atoms with Crippen molar-refractivity contribution < 1.29 is 17.9 Å². The summed E-state index contributed by atoms with van der Waals surface area (Å²) in [5, 5.41) is 0. The molecule has 2 rings (SSSR count). The van der Waals surface area contributed by atoms with Crippen molar-refractivity contribution in [2.75, 3.05) is 18.1 Å². The summed E-state index contributed by atoms with van der Waals surface area (Å²) in [7, 11) is -3.61. The fourth-order valence-corrected chi connectivity index (χ4v) is 2.83. The lowest BCUT2D eigenvalue weighted by Gasteiger charge is -2.24. The van der Waals surface area contributed by atoms with E-state index in [1.807, 2.05) is 0 Å². The third-order valence-electron chi connectivity index (χ3n) is 2.64. The van der Waals surface area contributed by atoms with Crippen LogP contribution in [0.5, 0.6) is 0 Å². The van der Waals surface area contributed by atoms with Crippen molar-refractivity contribution in [3.05, 3.63) is 24.3 Å². The molecular weight excluding hydrogens is 268 g/mol. The number of carbonyl (C=O) groups is 1. The highest BCUT2D eigenvalue weighted by Gasteiger charge is 2.24. The van der Waals surface area contributed by atoms with Gasteiger partial charge in [-0.15, -0.1) is 4.40 Å². The minimum atomic E-state index is -3.61. The largest absolute Gasteiger partial charge is 0.466 e. The van der Waals surface area contributed by atoms with E-state index in [1.165, 1.54) is 12.4 Å². The third-order valence-corrected chi connectivity index (χ3v) is 3.91. The van der Waals surface area contributed by atoms with Crippen molar-refractivity contribution in [1.29, 1.82) is 0 Å². The number of para-hydroxylation sites is 1. The minimum absolute atomic E-state index is 0.154. The molecule has 0 amide bonds. The predicted octanol–water partition coefficient (Wildman–Crippen LogP) is 1.18. The predicted molar refractivity (Wildman–Crippen MR) is 70.7 cm³/mol. The van der Waals surface area contributed by atoms with Crippen molar-refractivity contribution in [2.45, 2.75) is 18.2 Å². The van der Waals surface area contributed by atoms with Crippen molar-refractivity contribution in [3.63, 3.8) is 0 Å². The van der Waals surface area contributed by atoms with Crippen LogP contribution < -0.4 is 4.90 Å². The molecule has 0 spiro atoms. The molecule has 1 aromatic carbocycles. The lowest BCUT2D eigenvalue weighted by atomic mass is 10.3. The smallest absolute Gasteiger partial charge is 0.307 e. The van der Waals surface area contributed by atoms with Crippen molar-refractivity contribution in [3.8, 4) is 0 Å². The second-order valence-electron chi connectivity index (χ2n) is 3.91. The first-order chi connectivity index (χ1) is 9.04. The van der Waals surface area contributed by atoms with Crippen LogP contribution in [-0.4, -0.2) is 33.9 Å². The summed E-state index contributed by atoms with van der Waals surface area (Å²) >= 11 is 0. The van der Waals surface area contributed by atoms with Crippen LogP contribution in [0.1, 0.15) is 13.3 Å². The van der Waals surface area contributed by atoms with Crippen LogP contribution in [0.15, 0.2) is 33.6 Å². The summed E-state index contributed by atoms with van der Waals surface area (Å²) in [5.41, 5.74) is 0.529. The molecule has 0 saturated heterocycles. The summed E-state index contributed by atoms with van der Waals surface area (Å²) < 4.78 is 31.8. The van der Waals surface area contributed by atoms with Crippen LogP contribution in [0.25, 0.3) is 0 Å². The maximum atomic E-state index is 11.7. The van der Waals surface area contributed by atoms with E-state index >= 15 is 0 Å². The lowest BCUT2D eigenvalue weighted by molar-refractivity contribution is -0.142. The van der Waals surface area contributed by atoms with E-state index in [1.54, 1.807) is 30.0 Å². The third kappa shape index (κ3) is 2.93. The van der Waals surface area contributed by atoms with Gasteiger partial charge in [-0.2, -0.15) is 8.42 Å². The number of hydrogen-bond acceptors (Lipinski definition) is 5. The number of sulfonamides is 1. The molecule has 0 radical (unpaired) electrons. The summed E-state index contributed by atoms with van der Waals surface area (Å²) in [4.78, 5) is 13.1. The van der Waals surface area contributed by atoms with E-state index in [0.717, 1.165) is 0 Å². The second kappa shape index (κ2) is 5.40. The van der Waals surface area contributed by atoms with E-state index in [4.69, 9.17) is 4.74 Å². The maximum absolute atomic E-state index is 11.7. The normalized spacial score (nSPS) is 15.9. The molecule has 0 saturated carbocycles. The van der Waals surface area contributed by atoms with Gasteiger partial charge < -0.3 is 9.64 Å². The van der Waals surface area contributed by atoms with E-state index in [-0.39, 0.29) is 17.3 Å². The number of hydrogen-bond donors (Lipinski definition) is 0. The van der Waals surface area contributed by atoms with Gasteiger partial charge in [0, 0.05) is 6.54 Å². The number of esters is 1. The molecule has 1 aliphatic rings. The first-order valence-electron chi connectivity index (χ1n) is 5.86. The Bertz CT molecular complexity index is 610. The number of nitrogens with zero attached hydrogens (tertiary/aromatic N) is 2. The fraction of sp³-hybridized carbons (Fsp3) is 0.333. The number of carbonyl (C=O) groups excluding carboxylic acids is 1. The van der Waals surface area contributed by atoms with Crippen LogP contribution in [0.2, 0.25) is 0 Å². The molecule has 0 fully saturated rings. The van der Waals surface area contributed by atoms with Gasteiger partial charge in [0.15, 0.2) is 0 Å². The van der Waals surface area contributed by atoms with Crippen molar-refractivity contribution in [1.82, 2.24) is 0 Å². The zero-order valence-electron chi connectivity index (χ0n) is 10.4. The highest BCUT2D eigenvalue weighted by Crippen LogP contribution is 2.29. The van der Waals surface area contributed by atoms with Gasteiger partial charge in [-0.05, 0) is 19.1 Å². The zero-order chi connectivity index (χ0) is 13.9. The Morgan fingerprint density at radius 2 is 2.11 bits per heavy atom. The van der Waals surface area contributed by atoms with E-state index in [2.05, 4.69) is 4.40 Å². The fourth-order valence-electron chi connectivity index (χ4n) is 1.77. The Labute approximate surface area is 111 Å². The first kappa shape index (κ1) is 13.5. The number of anilines is 1. The van der Waals surface area contributed by atoms with Gasteiger partial charge in [-0.25, -0.2) is 0 Å². The Morgan fingerprint density at radius 3 is 2.84 bits per heavy atom. The molecule has 1 aliphatic heterocycles. The SMILES string of the molecule is CCOC(=O)CCN1C=NS(=O)(=O)c2ccccc21. The minimum Gasteiger partial charge on any atom is -0.466 e. The highest BCUT2D eigenvalue weighted by atomic mass is 32.2. The molecule has 0 unspecified atom stereocenters. The highest BCUT2D eigenvalue weighted by molar-refractivity contribution is 7.90. The average molecular weight is 282 g/mol. The van der Waals surface area contributed by atoms with Crippen LogP contribution in [-0.2, 0) is 19.6 Å². The van der Waals surface area contributed by atoms with Crippen LogP contribution in [0.3, 0.4) is 0 Å². The molecular formula is C12H14N2O4S. The summed E-state index contributed by atoms with van der Waals surface area (Å²) in [6.07, 6.45) is 1.41. The zero-order valence-corrected chi connectivity index (χ0v) is 11.3. The van der Waals surface area contributed by atoms with Gasteiger partial charge in [0.2, 0.25) is 0 Å². The van der Waals surface area contributed by atoms with Gasteiger partial charge in [0.05, 0.1) is 18.7 Å². The first-order valence-corrected chi connectivity index (χ1v) is 7.30. The molecule has 0 aromatic heterocycles. The van der Waals surface area contributed by atoms with E-state index < -0.39 is 10.0 Å². The summed E-state index contributed by atoms with van der Waals surface area (Å²) in [5.74, 6) is -0.318. The summed E-state index contributed by atoms with van der Waals surface area (Å²) in [6.45, 7) is 2.40. The molecule has 7 heteroatoms. The lowest BCUT2D eigenvalue weighted by Crippen LogP contribution is -2.29. The Hall–Kier alpha value is -1.89. The maximum Gasteiger partial charge on any atom is 0.307 e. The molecule has 1 heterocycles. The Kier molecular flexibility index (Phi) is 3.84. The number of benzene rings is 1. The second-order valence-corrected chi connectivity index (χ2v) is 5.51. The van der Waals surface area contributed by atoms with E-state index in [0.29, 0.717) is 18.8 Å². The molecule has 0 bridgehead atoms. The quantitative estimate of drug-likeness (QED) is 0.775. The Morgan fingerprint density at radius 1 is 1.37 bits per heavy atom. The molecule has 0 aliphatic carbocycles. The summed E-state index contributed by atoms with van der Waals surface area (Å²) in [6, 6.07) is 6.56. The molecule has 1 aromatic rings. The standard InChI is InChI=1S/C12H14N2O4S/c1-2-18-12(15)7-8-14-9-13-19(16,17)11-6-4-3-5-10(11)14/h3-6,9H,2,7-8H2,1H3. The topological polar surface area (TPSA) is 76.0 Å². The van der Waals surface area contributed by atoms with Gasteiger partial charge in [-0.1, -0.05) is 12.1 Å². The number of fused-ring (bicyclic) bond motifs is 1. The van der Waals surface area contributed by atoms with Crippen molar-refractivity contribution in [2.24, 2.45) is 4.40 Å².